The molecule has 0 aromatic heterocycles. The number of hydrogen-bond acceptors (Lipinski definition) is 3. The topological polar surface area (TPSA) is 49.4 Å². The maximum absolute atomic E-state index is 12.2. The van der Waals surface area contributed by atoms with E-state index >= 15 is 0 Å². The first kappa shape index (κ1) is 16.5. The van der Waals surface area contributed by atoms with Gasteiger partial charge in [-0.25, -0.2) is 13.1 Å². The summed E-state index contributed by atoms with van der Waals surface area (Å²) in [5.74, 6) is 0.719. The molecule has 1 heterocycles. The summed E-state index contributed by atoms with van der Waals surface area (Å²) in [5, 5.41) is 0. The van der Waals surface area contributed by atoms with Crippen LogP contribution in [0.1, 0.15) is 32.3 Å². The fourth-order valence-corrected chi connectivity index (χ4v) is 3.84. The van der Waals surface area contributed by atoms with E-state index in [4.69, 9.17) is 0 Å². The van der Waals surface area contributed by atoms with E-state index in [0.29, 0.717) is 11.4 Å². The van der Waals surface area contributed by atoms with Gasteiger partial charge in [0.15, 0.2) is 0 Å². The van der Waals surface area contributed by atoms with Crippen LogP contribution in [0.3, 0.4) is 0 Å². The number of sulfonamides is 1. The number of benzene rings is 1. The van der Waals surface area contributed by atoms with Gasteiger partial charge in [0.2, 0.25) is 10.0 Å². The SMILES string of the molecule is CCc1ccc(S(=O)(=O)NCCN2CCC[C@@H](C)C2)cc1. The minimum atomic E-state index is -3.38. The van der Waals surface area contributed by atoms with Gasteiger partial charge in [-0.05, 0) is 49.4 Å². The quantitative estimate of drug-likeness (QED) is 0.877. The first-order valence-corrected chi connectivity index (χ1v) is 9.30. The summed E-state index contributed by atoms with van der Waals surface area (Å²) in [6, 6.07) is 7.12. The zero-order chi connectivity index (χ0) is 15.3. The van der Waals surface area contributed by atoms with Crippen LogP contribution < -0.4 is 4.72 Å². The molecule has 1 aromatic rings. The minimum absolute atomic E-state index is 0.353. The van der Waals surface area contributed by atoms with E-state index in [9.17, 15) is 8.42 Å². The van der Waals surface area contributed by atoms with Gasteiger partial charge in [-0.3, -0.25) is 0 Å². The van der Waals surface area contributed by atoms with Crippen molar-refractivity contribution in [1.29, 1.82) is 0 Å². The number of hydrogen-bond donors (Lipinski definition) is 1. The Bertz CT molecular complexity index is 540. The van der Waals surface area contributed by atoms with Gasteiger partial charge in [-0.15, -0.1) is 0 Å². The van der Waals surface area contributed by atoms with Crippen molar-refractivity contribution in [3.63, 3.8) is 0 Å². The Morgan fingerprint density at radius 3 is 2.62 bits per heavy atom. The molecule has 1 aliphatic heterocycles. The number of nitrogens with one attached hydrogen (secondary N) is 1. The molecule has 1 saturated heterocycles. The Labute approximate surface area is 128 Å². The summed E-state index contributed by atoms with van der Waals surface area (Å²) in [7, 11) is -3.38. The summed E-state index contributed by atoms with van der Waals surface area (Å²) < 4.78 is 27.1. The average molecular weight is 310 g/mol. The molecule has 4 nitrogen and oxygen atoms in total. The average Bonchev–Trinajstić information content (AvgIpc) is 2.47. The Balaban J connectivity index is 1.85. The molecule has 1 N–H and O–H groups in total. The standard InChI is InChI=1S/C16H26N2O2S/c1-3-15-6-8-16(9-7-15)21(19,20)17-10-12-18-11-4-5-14(2)13-18/h6-9,14,17H,3-5,10-13H2,1-2H3/t14-/m1/s1. The van der Waals surface area contributed by atoms with Crippen molar-refractivity contribution >= 4 is 10.0 Å². The Morgan fingerprint density at radius 1 is 1.29 bits per heavy atom. The number of likely N-dealkylation sites (tertiary alicyclic amines) is 1. The monoisotopic (exact) mass is 310 g/mol. The lowest BCUT2D eigenvalue weighted by atomic mass is 10.0. The van der Waals surface area contributed by atoms with Crippen LogP contribution in [0.2, 0.25) is 0 Å². The van der Waals surface area contributed by atoms with Crippen LogP contribution in [0.25, 0.3) is 0 Å². The molecule has 0 spiro atoms. The molecule has 1 aliphatic rings. The zero-order valence-electron chi connectivity index (χ0n) is 13.0. The van der Waals surface area contributed by atoms with Crippen LogP contribution in [0.4, 0.5) is 0 Å². The second-order valence-corrected chi connectivity index (χ2v) is 7.71. The third-order valence-electron chi connectivity index (χ3n) is 4.10. The molecular formula is C16H26N2O2S. The van der Waals surface area contributed by atoms with Gasteiger partial charge < -0.3 is 4.90 Å². The Kier molecular flexibility index (Phi) is 5.79. The summed E-state index contributed by atoms with van der Waals surface area (Å²) >= 11 is 0. The zero-order valence-corrected chi connectivity index (χ0v) is 13.8. The molecule has 0 saturated carbocycles. The fourth-order valence-electron chi connectivity index (χ4n) is 2.82. The van der Waals surface area contributed by atoms with Gasteiger partial charge in [0.25, 0.3) is 0 Å². The van der Waals surface area contributed by atoms with Gasteiger partial charge in [0.05, 0.1) is 4.90 Å². The maximum atomic E-state index is 12.2. The number of nitrogens with zero attached hydrogens (tertiary/aromatic N) is 1. The van der Waals surface area contributed by atoms with E-state index in [2.05, 4.69) is 23.5 Å². The van der Waals surface area contributed by atoms with Crippen molar-refractivity contribution in [2.75, 3.05) is 26.2 Å². The van der Waals surface area contributed by atoms with Crippen molar-refractivity contribution < 1.29 is 8.42 Å². The van der Waals surface area contributed by atoms with Crippen LogP contribution >= 0.6 is 0 Å². The Hall–Kier alpha value is -0.910. The van der Waals surface area contributed by atoms with Crippen molar-refractivity contribution in [2.24, 2.45) is 5.92 Å². The first-order chi connectivity index (χ1) is 10.0. The molecule has 2 rings (SSSR count). The molecule has 1 atom stereocenters. The van der Waals surface area contributed by atoms with Crippen LogP contribution in [-0.4, -0.2) is 39.5 Å². The third-order valence-corrected chi connectivity index (χ3v) is 5.58. The van der Waals surface area contributed by atoms with E-state index in [1.165, 1.54) is 12.8 Å². The second kappa shape index (κ2) is 7.38. The van der Waals surface area contributed by atoms with E-state index < -0.39 is 10.0 Å². The molecule has 0 radical (unpaired) electrons. The molecule has 1 fully saturated rings. The summed E-state index contributed by atoms with van der Waals surface area (Å²) in [6.45, 7) is 7.73. The van der Waals surface area contributed by atoms with Crippen LogP contribution in [0.15, 0.2) is 29.2 Å². The summed E-state index contributed by atoms with van der Waals surface area (Å²) in [4.78, 5) is 2.70. The van der Waals surface area contributed by atoms with E-state index in [1.807, 2.05) is 12.1 Å². The molecule has 1 aromatic carbocycles. The molecule has 21 heavy (non-hydrogen) atoms. The number of aryl methyl sites for hydroxylation is 1. The van der Waals surface area contributed by atoms with Gasteiger partial charge in [-0.2, -0.15) is 0 Å². The summed E-state index contributed by atoms with van der Waals surface area (Å²) in [6.07, 6.45) is 3.42. The predicted molar refractivity (Wildman–Crippen MR) is 85.8 cm³/mol. The number of piperidine rings is 1. The molecule has 5 heteroatoms. The molecule has 0 bridgehead atoms. The first-order valence-electron chi connectivity index (χ1n) is 7.82. The predicted octanol–water partition coefficient (Wildman–Crippen LogP) is 2.26. The molecule has 0 amide bonds. The van der Waals surface area contributed by atoms with E-state index in [0.717, 1.165) is 37.5 Å². The van der Waals surface area contributed by atoms with Gasteiger partial charge in [-0.1, -0.05) is 26.0 Å². The molecule has 118 valence electrons. The van der Waals surface area contributed by atoms with E-state index in [-0.39, 0.29) is 0 Å². The second-order valence-electron chi connectivity index (χ2n) is 5.94. The lowest BCUT2D eigenvalue weighted by molar-refractivity contribution is 0.187. The lowest BCUT2D eigenvalue weighted by Gasteiger charge is -2.30. The third kappa shape index (κ3) is 4.80. The minimum Gasteiger partial charge on any atom is -0.302 e. The van der Waals surface area contributed by atoms with Crippen molar-refractivity contribution in [3.05, 3.63) is 29.8 Å². The van der Waals surface area contributed by atoms with Crippen molar-refractivity contribution in [3.8, 4) is 0 Å². The highest BCUT2D eigenvalue weighted by Crippen LogP contribution is 2.15. The maximum Gasteiger partial charge on any atom is 0.240 e. The van der Waals surface area contributed by atoms with Crippen molar-refractivity contribution in [2.45, 2.75) is 38.0 Å². The van der Waals surface area contributed by atoms with E-state index in [1.54, 1.807) is 12.1 Å². The van der Waals surface area contributed by atoms with Crippen molar-refractivity contribution in [1.82, 2.24) is 9.62 Å². The van der Waals surface area contributed by atoms with Crippen LogP contribution in [0.5, 0.6) is 0 Å². The highest BCUT2D eigenvalue weighted by atomic mass is 32.2. The van der Waals surface area contributed by atoms with Gasteiger partial charge >= 0.3 is 0 Å². The lowest BCUT2D eigenvalue weighted by Crippen LogP contribution is -2.40. The van der Waals surface area contributed by atoms with Crippen LogP contribution in [-0.2, 0) is 16.4 Å². The highest BCUT2D eigenvalue weighted by Gasteiger charge is 2.17. The van der Waals surface area contributed by atoms with Gasteiger partial charge in [0, 0.05) is 19.6 Å². The number of rotatable bonds is 6. The molecular weight excluding hydrogens is 284 g/mol. The van der Waals surface area contributed by atoms with Gasteiger partial charge in [0.1, 0.15) is 0 Å². The molecule has 0 aliphatic carbocycles. The smallest absolute Gasteiger partial charge is 0.240 e. The normalized spacial score (nSPS) is 20.6. The van der Waals surface area contributed by atoms with Crippen LogP contribution in [0, 0.1) is 5.92 Å². The molecule has 0 unspecified atom stereocenters. The summed E-state index contributed by atoms with van der Waals surface area (Å²) in [5.41, 5.74) is 1.15. The fraction of sp³-hybridized carbons (Fsp3) is 0.625. The largest absolute Gasteiger partial charge is 0.302 e. The highest BCUT2D eigenvalue weighted by molar-refractivity contribution is 7.89. The Morgan fingerprint density at radius 2 is 2.00 bits per heavy atom.